The standard InChI is InChI=1S/C17H18BrFN2O2/c1-11-7-14(4-5-15(11)18)21-9-12(8-16(21)22)17(23)20-6-2-3-13(19)10-20/h3-5,7,12H,2,6,8-10H2,1H3/t12-/m0/s1. The van der Waals surface area contributed by atoms with E-state index in [1.807, 2.05) is 25.1 Å². The van der Waals surface area contributed by atoms with Gasteiger partial charge in [-0.05, 0) is 43.2 Å². The fourth-order valence-corrected chi connectivity index (χ4v) is 3.32. The monoisotopic (exact) mass is 380 g/mol. The lowest BCUT2D eigenvalue weighted by Crippen LogP contribution is -2.40. The topological polar surface area (TPSA) is 40.6 Å². The maximum atomic E-state index is 13.4. The molecule has 1 saturated heterocycles. The number of rotatable bonds is 2. The van der Waals surface area contributed by atoms with Gasteiger partial charge in [0.2, 0.25) is 11.8 Å². The second-order valence-corrected chi connectivity index (χ2v) is 6.89. The summed E-state index contributed by atoms with van der Waals surface area (Å²) in [6.07, 6.45) is 2.24. The molecule has 2 amide bonds. The molecule has 0 saturated carbocycles. The maximum absolute atomic E-state index is 13.4. The normalized spacial score (nSPS) is 21.6. The molecule has 0 aliphatic carbocycles. The van der Waals surface area contributed by atoms with Gasteiger partial charge < -0.3 is 9.80 Å². The fourth-order valence-electron chi connectivity index (χ4n) is 3.07. The molecular formula is C17H18BrFN2O2. The molecular weight excluding hydrogens is 363 g/mol. The number of hydrogen-bond acceptors (Lipinski definition) is 2. The first-order valence-electron chi connectivity index (χ1n) is 7.65. The van der Waals surface area contributed by atoms with Crippen molar-refractivity contribution in [2.45, 2.75) is 19.8 Å². The van der Waals surface area contributed by atoms with Crippen molar-refractivity contribution >= 4 is 33.4 Å². The molecule has 0 radical (unpaired) electrons. The van der Waals surface area contributed by atoms with Crippen molar-refractivity contribution in [1.82, 2.24) is 4.90 Å². The summed E-state index contributed by atoms with van der Waals surface area (Å²) in [6.45, 7) is 2.87. The van der Waals surface area contributed by atoms with Gasteiger partial charge in [-0.2, -0.15) is 0 Å². The van der Waals surface area contributed by atoms with Crippen molar-refractivity contribution < 1.29 is 14.0 Å². The van der Waals surface area contributed by atoms with Crippen molar-refractivity contribution in [2.24, 2.45) is 5.92 Å². The Balaban J connectivity index is 1.73. The van der Waals surface area contributed by atoms with Crippen LogP contribution in [-0.4, -0.2) is 36.3 Å². The average Bonchev–Trinajstić information content (AvgIpc) is 2.91. The molecule has 2 aliphatic rings. The fraction of sp³-hybridized carbons (Fsp3) is 0.412. The minimum absolute atomic E-state index is 0.0287. The van der Waals surface area contributed by atoms with Gasteiger partial charge in [-0.15, -0.1) is 0 Å². The number of anilines is 1. The molecule has 1 aromatic carbocycles. The van der Waals surface area contributed by atoms with E-state index >= 15 is 0 Å². The van der Waals surface area contributed by atoms with E-state index in [1.165, 1.54) is 11.0 Å². The van der Waals surface area contributed by atoms with Crippen LogP contribution in [-0.2, 0) is 9.59 Å². The van der Waals surface area contributed by atoms with Crippen LogP contribution in [0.2, 0.25) is 0 Å². The van der Waals surface area contributed by atoms with Gasteiger partial charge in [-0.3, -0.25) is 9.59 Å². The molecule has 1 fully saturated rings. The summed E-state index contributed by atoms with van der Waals surface area (Å²) >= 11 is 3.44. The van der Waals surface area contributed by atoms with Crippen LogP contribution in [0.1, 0.15) is 18.4 Å². The van der Waals surface area contributed by atoms with E-state index in [0.717, 1.165) is 15.7 Å². The predicted octanol–water partition coefficient (Wildman–Crippen LogP) is 3.20. The Labute approximate surface area is 143 Å². The molecule has 0 bridgehead atoms. The molecule has 1 atom stereocenters. The summed E-state index contributed by atoms with van der Waals surface area (Å²) in [7, 11) is 0. The molecule has 0 spiro atoms. The number of carbonyl (C=O) groups excluding carboxylic acids is 2. The first-order valence-corrected chi connectivity index (χ1v) is 8.45. The van der Waals surface area contributed by atoms with Gasteiger partial charge in [0, 0.05) is 29.7 Å². The van der Waals surface area contributed by atoms with Crippen molar-refractivity contribution in [1.29, 1.82) is 0 Å². The van der Waals surface area contributed by atoms with Crippen LogP contribution in [0.3, 0.4) is 0 Å². The van der Waals surface area contributed by atoms with E-state index in [1.54, 1.807) is 4.90 Å². The Morgan fingerprint density at radius 1 is 1.39 bits per heavy atom. The van der Waals surface area contributed by atoms with Crippen molar-refractivity contribution in [3.63, 3.8) is 0 Å². The molecule has 4 nitrogen and oxygen atoms in total. The number of nitrogens with zero attached hydrogens (tertiary/aromatic N) is 2. The molecule has 2 heterocycles. The van der Waals surface area contributed by atoms with E-state index in [0.29, 0.717) is 19.5 Å². The highest BCUT2D eigenvalue weighted by Crippen LogP contribution is 2.29. The van der Waals surface area contributed by atoms with Crippen molar-refractivity contribution in [2.75, 3.05) is 24.5 Å². The highest BCUT2D eigenvalue weighted by atomic mass is 79.9. The molecule has 122 valence electrons. The summed E-state index contributed by atoms with van der Waals surface area (Å²) in [4.78, 5) is 28.0. The lowest BCUT2D eigenvalue weighted by molar-refractivity contribution is -0.135. The van der Waals surface area contributed by atoms with Gasteiger partial charge >= 0.3 is 0 Å². The number of carbonyl (C=O) groups is 2. The van der Waals surface area contributed by atoms with E-state index in [9.17, 15) is 14.0 Å². The smallest absolute Gasteiger partial charge is 0.228 e. The quantitative estimate of drug-likeness (QED) is 0.790. The number of hydrogen-bond donors (Lipinski definition) is 0. The summed E-state index contributed by atoms with van der Waals surface area (Å²) < 4.78 is 14.3. The van der Waals surface area contributed by atoms with Gasteiger partial charge in [-0.25, -0.2) is 4.39 Å². The van der Waals surface area contributed by atoms with E-state index in [2.05, 4.69) is 15.9 Å². The minimum atomic E-state index is -0.391. The summed E-state index contributed by atoms with van der Waals surface area (Å²) in [5, 5.41) is 0. The Bertz CT molecular complexity index is 689. The lowest BCUT2D eigenvalue weighted by Gasteiger charge is -2.27. The van der Waals surface area contributed by atoms with Crippen LogP contribution in [0.4, 0.5) is 10.1 Å². The highest BCUT2D eigenvalue weighted by Gasteiger charge is 2.37. The number of amides is 2. The maximum Gasteiger partial charge on any atom is 0.228 e. The molecule has 0 unspecified atom stereocenters. The van der Waals surface area contributed by atoms with Crippen LogP contribution in [0.5, 0.6) is 0 Å². The Morgan fingerprint density at radius 3 is 2.87 bits per heavy atom. The molecule has 3 rings (SSSR count). The summed E-state index contributed by atoms with van der Waals surface area (Å²) in [6, 6.07) is 5.70. The second-order valence-electron chi connectivity index (χ2n) is 6.04. The van der Waals surface area contributed by atoms with Gasteiger partial charge in [-0.1, -0.05) is 15.9 Å². The van der Waals surface area contributed by atoms with Gasteiger partial charge in [0.05, 0.1) is 12.5 Å². The van der Waals surface area contributed by atoms with Crippen LogP contribution in [0.15, 0.2) is 34.6 Å². The van der Waals surface area contributed by atoms with Crippen LogP contribution < -0.4 is 4.90 Å². The Hall–Kier alpha value is -1.69. The van der Waals surface area contributed by atoms with Gasteiger partial charge in [0.15, 0.2) is 0 Å². The third kappa shape index (κ3) is 3.32. The van der Waals surface area contributed by atoms with Gasteiger partial charge in [0.25, 0.3) is 0 Å². The van der Waals surface area contributed by atoms with Gasteiger partial charge in [0.1, 0.15) is 5.83 Å². The minimum Gasteiger partial charge on any atom is -0.335 e. The van der Waals surface area contributed by atoms with Crippen molar-refractivity contribution in [3.05, 3.63) is 40.1 Å². The van der Waals surface area contributed by atoms with E-state index in [4.69, 9.17) is 0 Å². The zero-order valence-electron chi connectivity index (χ0n) is 12.9. The van der Waals surface area contributed by atoms with Crippen LogP contribution >= 0.6 is 15.9 Å². The van der Waals surface area contributed by atoms with E-state index < -0.39 is 5.92 Å². The molecule has 0 aromatic heterocycles. The van der Waals surface area contributed by atoms with Crippen LogP contribution in [0, 0.1) is 12.8 Å². The molecule has 2 aliphatic heterocycles. The zero-order chi connectivity index (χ0) is 16.6. The SMILES string of the molecule is Cc1cc(N2C[C@@H](C(=O)N3CCC=C(F)C3)CC2=O)ccc1Br. The number of halogens is 2. The predicted molar refractivity (Wildman–Crippen MR) is 89.7 cm³/mol. The average molecular weight is 381 g/mol. The lowest BCUT2D eigenvalue weighted by atomic mass is 10.1. The highest BCUT2D eigenvalue weighted by molar-refractivity contribution is 9.10. The van der Waals surface area contributed by atoms with Crippen LogP contribution in [0.25, 0.3) is 0 Å². The van der Waals surface area contributed by atoms with E-state index in [-0.39, 0.29) is 30.6 Å². The zero-order valence-corrected chi connectivity index (χ0v) is 14.5. The molecule has 1 aromatic rings. The molecule has 23 heavy (non-hydrogen) atoms. The summed E-state index contributed by atoms with van der Waals surface area (Å²) in [5.74, 6) is -0.845. The first-order chi connectivity index (χ1) is 11.0. The summed E-state index contributed by atoms with van der Waals surface area (Å²) in [5.41, 5.74) is 1.84. The molecule has 0 N–H and O–H groups in total. The Kier molecular flexibility index (Phi) is 4.53. The Morgan fingerprint density at radius 2 is 2.17 bits per heavy atom. The van der Waals surface area contributed by atoms with Crippen molar-refractivity contribution in [3.8, 4) is 0 Å². The third-order valence-electron chi connectivity index (χ3n) is 4.35. The molecule has 6 heteroatoms. The first kappa shape index (κ1) is 16.2. The number of aryl methyl sites for hydroxylation is 1. The number of benzene rings is 1. The largest absolute Gasteiger partial charge is 0.335 e. The third-order valence-corrected chi connectivity index (χ3v) is 5.24. The second kappa shape index (κ2) is 6.43.